The molecule has 1 fully saturated rings. The van der Waals surface area contributed by atoms with Crippen LogP contribution < -0.4 is 10.0 Å². The Morgan fingerprint density at radius 2 is 1.71 bits per heavy atom. The van der Waals surface area contributed by atoms with E-state index in [1.54, 1.807) is 13.0 Å². The van der Waals surface area contributed by atoms with Gasteiger partial charge in [-0.1, -0.05) is 18.2 Å². The van der Waals surface area contributed by atoms with Gasteiger partial charge in [0.25, 0.3) is 0 Å². The van der Waals surface area contributed by atoms with Crippen molar-refractivity contribution in [1.29, 1.82) is 5.26 Å². The van der Waals surface area contributed by atoms with Crippen LogP contribution in [0.1, 0.15) is 11.8 Å². The molecule has 2 heterocycles. The summed E-state index contributed by atoms with van der Waals surface area (Å²) in [6.45, 7) is 5.83. The normalized spacial score (nSPS) is 16.3. The van der Waals surface area contributed by atoms with Gasteiger partial charge in [-0.3, -0.25) is 0 Å². The number of piperazine rings is 1. The number of anilines is 1. The van der Waals surface area contributed by atoms with Crippen LogP contribution in [0.5, 0.6) is 0 Å². The van der Waals surface area contributed by atoms with Crippen LogP contribution in [-0.4, -0.2) is 46.5 Å². The summed E-state index contributed by atoms with van der Waals surface area (Å²) in [6.07, 6.45) is 0. The van der Waals surface area contributed by atoms with E-state index in [2.05, 4.69) is 53.2 Å². The second kappa shape index (κ2) is 8.44. The summed E-state index contributed by atoms with van der Waals surface area (Å²) >= 11 is 1.45. The molecule has 4 rings (SSSR count). The van der Waals surface area contributed by atoms with E-state index in [9.17, 15) is 13.7 Å². The van der Waals surface area contributed by atoms with Crippen LogP contribution in [-0.2, 0) is 10.0 Å². The van der Waals surface area contributed by atoms with E-state index < -0.39 is 14.9 Å². The zero-order chi connectivity index (χ0) is 22.2. The highest BCUT2D eigenvalue weighted by atomic mass is 32.2. The van der Waals surface area contributed by atoms with Crippen molar-refractivity contribution in [3.63, 3.8) is 0 Å². The lowest BCUT2D eigenvalue weighted by Crippen LogP contribution is -2.44. The number of rotatable bonds is 4. The van der Waals surface area contributed by atoms with Gasteiger partial charge in [0.15, 0.2) is 4.91 Å². The van der Waals surface area contributed by atoms with Crippen molar-refractivity contribution in [3.8, 4) is 16.5 Å². The number of allylic oxidation sites excluding steroid dienone is 2. The fraction of sp³-hybridized carbons (Fsp3) is 0.261. The van der Waals surface area contributed by atoms with E-state index in [1.807, 2.05) is 12.1 Å². The molecule has 2 aromatic carbocycles. The lowest BCUT2D eigenvalue weighted by molar-refractivity contribution is 0.313. The first-order valence-electron chi connectivity index (χ1n) is 9.98. The summed E-state index contributed by atoms with van der Waals surface area (Å²) in [6, 6.07) is 18.4. The average molecular weight is 453 g/mol. The Kier molecular flexibility index (Phi) is 5.86. The summed E-state index contributed by atoms with van der Waals surface area (Å²) in [5.74, 6) is 0. The molecule has 31 heavy (non-hydrogen) atoms. The SMILES string of the molecule is C/C(=C(/C#N)S(N)(=O)=O)c1ccc(-c2ccc3cc(N4CCN(C)CC4)ccc3c2)s1. The third kappa shape index (κ3) is 4.50. The zero-order valence-corrected chi connectivity index (χ0v) is 19.1. The molecule has 1 saturated heterocycles. The Morgan fingerprint density at radius 3 is 2.39 bits per heavy atom. The lowest BCUT2D eigenvalue weighted by Gasteiger charge is -2.34. The Labute approximate surface area is 186 Å². The first-order valence-corrected chi connectivity index (χ1v) is 12.3. The van der Waals surface area contributed by atoms with E-state index >= 15 is 0 Å². The highest BCUT2D eigenvalue weighted by molar-refractivity contribution is 7.93. The summed E-state index contributed by atoms with van der Waals surface area (Å²) in [4.78, 5) is 6.10. The molecule has 0 saturated carbocycles. The van der Waals surface area contributed by atoms with Crippen molar-refractivity contribution >= 4 is 43.4 Å². The van der Waals surface area contributed by atoms with Crippen LogP contribution in [0.15, 0.2) is 53.4 Å². The summed E-state index contributed by atoms with van der Waals surface area (Å²) in [5, 5.41) is 16.7. The predicted molar refractivity (Wildman–Crippen MR) is 128 cm³/mol. The standard InChI is InChI=1S/C23H24N4O2S2/c1-16(23(15-24)31(25,28)29)21-7-8-22(30-21)19-4-3-18-14-20(6-5-17(18)13-19)27-11-9-26(2)10-12-27/h3-8,13-14H,9-12H2,1-2H3,(H2,25,28,29)/b23-16+. The topological polar surface area (TPSA) is 90.4 Å². The van der Waals surface area contributed by atoms with Crippen LogP contribution in [0.25, 0.3) is 26.8 Å². The molecule has 160 valence electrons. The van der Waals surface area contributed by atoms with Crippen LogP contribution in [0.3, 0.4) is 0 Å². The minimum Gasteiger partial charge on any atom is -0.369 e. The first-order chi connectivity index (χ1) is 14.8. The lowest BCUT2D eigenvalue weighted by atomic mass is 10.0. The van der Waals surface area contributed by atoms with Crippen LogP contribution in [0.2, 0.25) is 0 Å². The van der Waals surface area contributed by atoms with Crippen molar-refractivity contribution in [1.82, 2.24) is 4.90 Å². The fourth-order valence-electron chi connectivity index (χ4n) is 3.82. The number of hydrogen-bond donors (Lipinski definition) is 1. The monoisotopic (exact) mass is 452 g/mol. The average Bonchev–Trinajstić information content (AvgIpc) is 3.23. The largest absolute Gasteiger partial charge is 0.369 e. The maximum atomic E-state index is 11.7. The number of sulfonamides is 1. The van der Waals surface area contributed by atoms with Crippen LogP contribution in [0, 0.1) is 11.3 Å². The third-order valence-corrected chi connectivity index (χ3v) is 7.90. The smallest absolute Gasteiger partial charge is 0.248 e. The zero-order valence-electron chi connectivity index (χ0n) is 17.5. The third-order valence-electron chi connectivity index (χ3n) is 5.68. The molecule has 0 unspecified atom stereocenters. The number of fused-ring (bicyclic) bond motifs is 1. The first kappa shape index (κ1) is 21.5. The van der Waals surface area contributed by atoms with Crippen LogP contribution >= 0.6 is 11.3 Å². The fourth-order valence-corrected chi connectivity index (χ4v) is 5.55. The van der Waals surface area contributed by atoms with Gasteiger partial charge in [-0.25, -0.2) is 13.6 Å². The quantitative estimate of drug-likeness (QED) is 0.607. The van der Waals surface area contributed by atoms with Gasteiger partial charge in [0.2, 0.25) is 10.0 Å². The van der Waals surface area contributed by atoms with E-state index in [-0.39, 0.29) is 0 Å². The van der Waals surface area contributed by atoms with Crippen LogP contribution in [0.4, 0.5) is 5.69 Å². The molecule has 6 nitrogen and oxygen atoms in total. The number of hydrogen-bond acceptors (Lipinski definition) is 6. The molecule has 2 N–H and O–H groups in total. The van der Waals surface area contributed by atoms with Crippen molar-refractivity contribution in [2.45, 2.75) is 6.92 Å². The van der Waals surface area contributed by atoms with Gasteiger partial charge < -0.3 is 9.80 Å². The molecule has 0 aliphatic carbocycles. The van der Waals surface area contributed by atoms with Crippen molar-refractivity contribution in [2.75, 3.05) is 38.1 Å². The van der Waals surface area contributed by atoms with Gasteiger partial charge in [-0.15, -0.1) is 11.3 Å². The number of nitriles is 1. The van der Waals surface area contributed by atoms with Crippen molar-refractivity contribution in [3.05, 3.63) is 58.3 Å². The number of nitrogens with zero attached hydrogens (tertiary/aromatic N) is 3. The number of benzene rings is 2. The van der Waals surface area contributed by atoms with E-state index in [4.69, 9.17) is 5.14 Å². The summed E-state index contributed by atoms with van der Waals surface area (Å²) in [5.41, 5.74) is 2.68. The second-order valence-electron chi connectivity index (χ2n) is 7.81. The molecular formula is C23H24N4O2S2. The van der Waals surface area contributed by atoms with Crippen molar-refractivity contribution in [2.24, 2.45) is 5.14 Å². The minimum atomic E-state index is -4.04. The summed E-state index contributed by atoms with van der Waals surface area (Å²) < 4.78 is 23.3. The van der Waals surface area contributed by atoms with Gasteiger partial charge in [-0.2, -0.15) is 5.26 Å². The Bertz CT molecular complexity index is 1310. The number of nitrogens with two attached hydrogens (primary N) is 1. The molecule has 0 radical (unpaired) electrons. The Morgan fingerprint density at radius 1 is 1.03 bits per heavy atom. The van der Waals surface area contributed by atoms with E-state index in [1.165, 1.54) is 22.4 Å². The van der Waals surface area contributed by atoms with E-state index in [0.717, 1.165) is 42.0 Å². The molecule has 1 aliphatic heterocycles. The molecule has 3 aromatic rings. The molecule has 1 aliphatic rings. The maximum absolute atomic E-state index is 11.7. The van der Waals surface area contributed by atoms with E-state index in [0.29, 0.717) is 10.5 Å². The molecule has 1 aromatic heterocycles. The van der Waals surface area contributed by atoms with Gasteiger partial charge >= 0.3 is 0 Å². The predicted octanol–water partition coefficient (Wildman–Crippen LogP) is 3.86. The highest BCUT2D eigenvalue weighted by Gasteiger charge is 2.18. The molecule has 0 atom stereocenters. The van der Waals surface area contributed by atoms with Gasteiger partial charge in [-0.05, 0) is 66.2 Å². The number of thiophene rings is 1. The van der Waals surface area contributed by atoms with Crippen molar-refractivity contribution < 1.29 is 8.42 Å². The van der Waals surface area contributed by atoms with Gasteiger partial charge in [0.1, 0.15) is 6.07 Å². The minimum absolute atomic E-state index is 0.374. The Hall–Kier alpha value is -2.70. The second-order valence-corrected chi connectivity index (χ2v) is 10.4. The van der Waals surface area contributed by atoms with Gasteiger partial charge in [0.05, 0.1) is 0 Å². The Balaban J connectivity index is 1.63. The summed E-state index contributed by atoms with van der Waals surface area (Å²) in [7, 11) is -1.89. The van der Waals surface area contributed by atoms with Gasteiger partial charge in [0, 0.05) is 41.6 Å². The molecule has 0 spiro atoms. The highest BCUT2D eigenvalue weighted by Crippen LogP contribution is 2.35. The molecular weight excluding hydrogens is 428 g/mol. The molecule has 8 heteroatoms. The number of primary sulfonamides is 1. The number of likely N-dealkylation sites (N-methyl/N-ethyl adjacent to an activating group) is 1. The molecule has 0 bridgehead atoms. The maximum Gasteiger partial charge on any atom is 0.248 e. The molecule has 0 amide bonds.